The van der Waals surface area contributed by atoms with Crippen molar-refractivity contribution in [3.8, 4) is 11.5 Å². The van der Waals surface area contributed by atoms with Crippen LogP contribution in [-0.4, -0.2) is 36.2 Å². The molecule has 0 bridgehead atoms. The predicted octanol–water partition coefficient (Wildman–Crippen LogP) is 5.58. The lowest BCUT2D eigenvalue weighted by atomic mass is 9.95. The van der Waals surface area contributed by atoms with Crippen molar-refractivity contribution in [2.75, 3.05) is 26.2 Å². The van der Waals surface area contributed by atoms with Crippen LogP contribution in [0.1, 0.15) is 35.1 Å². The lowest BCUT2D eigenvalue weighted by Crippen LogP contribution is -2.25. The minimum atomic E-state index is 0.336. The number of phenolic OH excluding ortho intramolecular Hbond substituents is 1. The van der Waals surface area contributed by atoms with Gasteiger partial charge in [0.25, 0.3) is 0 Å². The number of hydrogen-bond donors (Lipinski definition) is 1. The van der Waals surface area contributed by atoms with Crippen LogP contribution in [0, 0.1) is 0 Å². The van der Waals surface area contributed by atoms with Crippen LogP contribution in [-0.2, 0) is 12.8 Å². The minimum absolute atomic E-state index is 0.336. The first kappa shape index (κ1) is 19.9. The van der Waals surface area contributed by atoms with Crippen molar-refractivity contribution in [1.29, 1.82) is 0 Å². The molecule has 1 saturated heterocycles. The topological polar surface area (TPSA) is 32.7 Å². The van der Waals surface area contributed by atoms with E-state index in [1.165, 1.54) is 59.3 Å². The maximum absolute atomic E-state index is 9.96. The van der Waals surface area contributed by atoms with Crippen LogP contribution in [0.15, 0.2) is 72.8 Å². The van der Waals surface area contributed by atoms with Gasteiger partial charge in [0.1, 0.15) is 18.1 Å². The summed E-state index contributed by atoms with van der Waals surface area (Å²) < 4.78 is 5.97. The molecule has 0 spiro atoms. The molecule has 31 heavy (non-hydrogen) atoms. The Kier molecular flexibility index (Phi) is 5.77. The Morgan fingerprint density at radius 2 is 1.65 bits per heavy atom. The van der Waals surface area contributed by atoms with Crippen molar-refractivity contribution in [2.24, 2.45) is 0 Å². The van der Waals surface area contributed by atoms with Gasteiger partial charge in [-0.1, -0.05) is 48.5 Å². The molecule has 158 valence electrons. The molecule has 0 radical (unpaired) electrons. The Morgan fingerprint density at radius 3 is 2.42 bits per heavy atom. The Balaban J connectivity index is 1.33. The zero-order chi connectivity index (χ0) is 21.0. The van der Waals surface area contributed by atoms with E-state index in [1.54, 1.807) is 6.07 Å². The third-order valence-corrected chi connectivity index (χ3v) is 6.45. The molecule has 1 aliphatic carbocycles. The maximum atomic E-state index is 9.96. The molecule has 0 unspecified atom stereocenters. The van der Waals surface area contributed by atoms with E-state index in [1.807, 2.05) is 6.07 Å². The molecule has 5 rings (SSSR count). The molecule has 1 aliphatic heterocycles. The third-order valence-electron chi connectivity index (χ3n) is 6.45. The van der Waals surface area contributed by atoms with Gasteiger partial charge in [-0.3, -0.25) is 4.90 Å². The Bertz CT molecular complexity index is 1060. The van der Waals surface area contributed by atoms with Gasteiger partial charge < -0.3 is 9.84 Å². The van der Waals surface area contributed by atoms with Crippen molar-refractivity contribution in [3.05, 3.63) is 95.1 Å². The predicted molar refractivity (Wildman–Crippen MR) is 126 cm³/mol. The zero-order valence-electron chi connectivity index (χ0n) is 17.9. The van der Waals surface area contributed by atoms with Crippen molar-refractivity contribution in [3.63, 3.8) is 0 Å². The van der Waals surface area contributed by atoms with Gasteiger partial charge in [0.05, 0.1) is 0 Å². The summed E-state index contributed by atoms with van der Waals surface area (Å²) in [5.41, 5.74) is 7.70. The lowest BCUT2D eigenvalue weighted by Gasteiger charge is -2.15. The van der Waals surface area contributed by atoms with Crippen LogP contribution < -0.4 is 4.74 Å². The highest BCUT2D eigenvalue weighted by atomic mass is 16.5. The van der Waals surface area contributed by atoms with E-state index >= 15 is 0 Å². The molecule has 1 heterocycles. The van der Waals surface area contributed by atoms with Crippen LogP contribution in [0.5, 0.6) is 11.5 Å². The lowest BCUT2D eigenvalue weighted by molar-refractivity contribution is 0.238. The van der Waals surface area contributed by atoms with E-state index in [2.05, 4.69) is 65.6 Å². The van der Waals surface area contributed by atoms with Gasteiger partial charge in [0.15, 0.2) is 0 Å². The largest absolute Gasteiger partial charge is 0.508 e. The zero-order valence-corrected chi connectivity index (χ0v) is 17.9. The first-order valence-corrected chi connectivity index (χ1v) is 11.3. The summed E-state index contributed by atoms with van der Waals surface area (Å²) in [7, 11) is 0. The number of ether oxygens (including phenoxy) is 1. The van der Waals surface area contributed by atoms with E-state index < -0.39 is 0 Å². The number of aromatic hydroxyl groups is 1. The van der Waals surface area contributed by atoms with Crippen molar-refractivity contribution in [1.82, 2.24) is 4.90 Å². The van der Waals surface area contributed by atoms with E-state index in [0.29, 0.717) is 5.75 Å². The first-order valence-electron chi connectivity index (χ1n) is 11.3. The second kappa shape index (κ2) is 8.99. The van der Waals surface area contributed by atoms with Gasteiger partial charge in [0.2, 0.25) is 0 Å². The van der Waals surface area contributed by atoms with Crippen LogP contribution in [0.4, 0.5) is 0 Å². The number of phenols is 1. The number of allylic oxidation sites excluding steroid dienone is 2. The fraction of sp³-hybridized carbons (Fsp3) is 0.286. The second-order valence-electron chi connectivity index (χ2n) is 8.56. The Labute approximate surface area is 184 Å². The number of likely N-dealkylation sites (tertiary alicyclic amines) is 1. The molecule has 2 aliphatic rings. The average molecular weight is 412 g/mol. The van der Waals surface area contributed by atoms with Crippen LogP contribution in [0.25, 0.3) is 11.1 Å². The van der Waals surface area contributed by atoms with Gasteiger partial charge >= 0.3 is 0 Å². The first-order chi connectivity index (χ1) is 15.3. The fourth-order valence-electron chi connectivity index (χ4n) is 4.80. The summed E-state index contributed by atoms with van der Waals surface area (Å²) in [4.78, 5) is 2.47. The SMILES string of the molecule is Oc1ccc2c(c1)CC(c1ccccc1)=C2Cc1ccc(OCCN2CCCC2)cc1. The third kappa shape index (κ3) is 4.52. The van der Waals surface area contributed by atoms with Crippen molar-refractivity contribution >= 4 is 11.1 Å². The molecule has 0 amide bonds. The van der Waals surface area contributed by atoms with Gasteiger partial charge in [-0.05, 0) is 96.4 Å². The molecular formula is C28H29NO2. The molecule has 3 aromatic rings. The molecule has 3 nitrogen and oxygen atoms in total. The summed E-state index contributed by atoms with van der Waals surface area (Å²) in [6, 6.07) is 24.9. The Morgan fingerprint density at radius 1 is 0.871 bits per heavy atom. The number of hydrogen-bond acceptors (Lipinski definition) is 3. The van der Waals surface area contributed by atoms with E-state index in [4.69, 9.17) is 4.74 Å². The van der Waals surface area contributed by atoms with Crippen LogP contribution >= 0.6 is 0 Å². The summed E-state index contributed by atoms with van der Waals surface area (Å²) in [6.45, 7) is 4.18. The fourth-order valence-corrected chi connectivity index (χ4v) is 4.80. The molecule has 0 atom stereocenters. The molecule has 0 aromatic heterocycles. The van der Waals surface area contributed by atoms with Crippen molar-refractivity contribution in [2.45, 2.75) is 25.7 Å². The molecular weight excluding hydrogens is 382 g/mol. The monoisotopic (exact) mass is 411 g/mol. The van der Waals surface area contributed by atoms with Gasteiger partial charge in [-0.25, -0.2) is 0 Å². The summed E-state index contributed by atoms with van der Waals surface area (Å²) in [5.74, 6) is 1.28. The summed E-state index contributed by atoms with van der Waals surface area (Å²) in [5, 5.41) is 9.96. The van der Waals surface area contributed by atoms with E-state index in [-0.39, 0.29) is 0 Å². The van der Waals surface area contributed by atoms with E-state index in [0.717, 1.165) is 31.7 Å². The highest BCUT2D eigenvalue weighted by Crippen LogP contribution is 2.41. The van der Waals surface area contributed by atoms with Gasteiger partial charge in [0, 0.05) is 6.54 Å². The molecule has 0 saturated carbocycles. The molecule has 3 aromatic carbocycles. The van der Waals surface area contributed by atoms with Crippen LogP contribution in [0.3, 0.4) is 0 Å². The van der Waals surface area contributed by atoms with Crippen molar-refractivity contribution < 1.29 is 9.84 Å². The van der Waals surface area contributed by atoms with E-state index in [9.17, 15) is 5.11 Å². The highest BCUT2D eigenvalue weighted by Gasteiger charge is 2.23. The van der Waals surface area contributed by atoms with Crippen LogP contribution in [0.2, 0.25) is 0 Å². The minimum Gasteiger partial charge on any atom is -0.508 e. The number of benzene rings is 3. The standard InChI is InChI=1S/C28H29NO2/c30-24-10-13-26-23(19-24)20-27(22-6-2-1-3-7-22)28(26)18-21-8-11-25(12-9-21)31-17-16-29-14-4-5-15-29/h1-3,6-13,19,30H,4-5,14-18,20H2. The Hall–Kier alpha value is -3.04. The average Bonchev–Trinajstić information content (AvgIpc) is 3.43. The summed E-state index contributed by atoms with van der Waals surface area (Å²) in [6.07, 6.45) is 4.37. The second-order valence-corrected chi connectivity index (χ2v) is 8.56. The number of nitrogens with zero attached hydrogens (tertiary/aromatic N) is 1. The quantitative estimate of drug-likeness (QED) is 0.551. The highest BCUT2D eigenvalue weighted by molar-refractivity contribution is 5.97. The molecule has 1 N–H and O–H groups in total. The summed E-state index contributed by atoms with van der Waals surface area (Å²) >= 11 is 0. The molecule has 1 fully saturated rings. The smallest absolute Gasteiger partial charge is 0.119 e. The van der Waals surface area contributed by atoms with Gasteiger partial charge in [-0.15, -0.1) is 0 Å². The number of fused-ring (bicyclic) bond motifs is 1. The maximum Gasteiger partial charge on any atom is 0.119 e. The normalized spacial score (nSPS) is 16.0. The number of rotatable bonds is 7. The van der Waals surface area contributed by atoms with Gasteiger partial charge in [-0.2, -0.15) is 0 Å². The molecule has 3 heteroatoms.